The lowest BCUT2D eigenvalue weighted by molar-refractivity contribution is 0.102. The second-order valence-electron chi connectivity index (χ2n) is 3.85. The van der Waals surface area contributed by atoms with Crippen molar-refractivity contribution in [3.63, 3.8) is 0 Å². The monoisotopic (exact) mass is 247 g/mol. The molecule has 1 aromatic heterocycles. The Balaban J connectivity index is 1.84. The van der Waals surface area contributed by atoms with Gasteiger partial charge in [-0.05, 0) is 17.0 Å². The van der Waals surface area contributed by atoms with Crippen molar-refractivity contribution in [1.82, 2.24) is 5.32 Å². The fourth-order valence-corrected chi connectivity index (χ4v) is 2.42. The average molecular weight is 247 g/mol. The standard InChI is InChI=1S/C14H17NOS/c1-16-14(12-6-3-2-4-7-12)11-15-10-13-8-5-9-17-13/h2-9,14-15H,10-11H2,1H3. The first-order valence-electron chi connectivity index (χ1n) is 5.71. The lowest BCUT2D eigenvalue weighted by atomic mass is 10.1. The van der Waals surface area contributed by atoms with Crippen molar-refractivity contribution in [3.8, 4) is 0 Å². The van der Waals surface area contributed by atoms with Crippen LogP contribution in [-0.4, -0.2) is 13.7 Å². The summed E-state index contributed by atoms with van der Waals surface area (Å²) in [5.41, 5.74) is 1.22. The minimum absolute atomic E-state index is 0.121. The number of benzene rings is 1. The van der Waals surface area contributed by atoms with Crippen molar-refractivity contribution < 1.29 is 4.74 Å². The van der Waals surface area contributed by atoms with E-state index in [1.807, 2.05) is 18.2 Å². The van der Waals surface area contributed by atoms with Gasteiger partial charge in [0.15, 0.2) is 0 Å². The first-order valence-corrected chi connectivity index (χ1v) is 6.59. The molecule has 1 atom stereocenters. The second-order valence-corrected chi connectivity index (χ2v) is 4.88. The summed E-state index contributed by atoms with van der Waals surface area (Å²) in [5, 5.41) is 5.52. The van der Waals surface area contributed by atoms with Gasteiger partial charge in [0, 0.05) is 25.1 Å². The van der Waals surface area contributed by atoms with Crippen LogP contribution in [0.5, 0.6) is 0 Å². The van der Waals surface area contributed by atoms with Crippen LogP contribution in [0.3, 0.4) is 0 Å². The van der Waals surface area contributed by atoms with E-state index in [2.05, 4.69) is 35.0 Å². The van der Waals surface area contributed by atoms with Crippen LogP contribution in [0.4, 0.5) is 0 Å². The van der Waals surface area contributed by atoms with Gasteiger partial charge in [0.2, 0.25) is 0 Å². The van der Waals surface area contributed by atoms with E-state index in [-0.39, 0.29) is 6.10 Å². The lowest BCUT2D eigenvalue weighted by Crippen LogP contribution is -2.21. The zero-order valence-corrected chi connectivity index (χ0v) is 10.7. The van der Waals surface area contributed by atoms with Gasteiger partial charge in [0.05, 0.1) is 6.10 Å². The molecule has 90 valence electrons. The largest absolute Gasteiger partial charge is 0.375 e. The molecule has 0 bridgehead atoms. The van der Waals surface area contributed by atoms with E-state index in [9.17, 15) is 0 Å². The summed E-state index contributed by atoms with van der Waals surface area (Å²) in [4.78, 5) is 1.35. The van der Waals surface area contributed by atoms with Gasteiger partial charge < -0.3 is 10.1 Å². The number of rotatable bonds is 6. The molecule has 0 radical (unpaired) electrons. The molecule has 0 amide bonds. The van der Waals surface area contributed by atoms with E-state index in [1.54, 1.807) is 18.4 Å². The Morgan fingerprint density at radius 1 is 1.18 bits per heavy atom. The third-order valence-electron chi connectivity index (χ3n) is 2.66. The Hall–Kier alpha value is -1.16. The zero-order chi connectivity index (χ0) is 11.9. The summed E-state index contributed by atoms with van der Waals surface area (Å²) in [5.74, 6) is 0. The number of ether oxygens (including phenoxy) is 1. The zero-order valence-electron chi connectivity index (χ0n) is 9.93. The molecule has 0 aliphatic heterocycles. The fraction of sp³-hybridized carbons (Fsp3) is 0.286. The highest BCUT2D eigenvalue weighted by atomic mass is 32.1. The molecule has 1 heterocycles. The van der Waals surface area contributed by atoms with Crippen LogP contribution in [0.15, 0.2) is 47.8 Å². The van der Waals surface area contributed by atoms with Crippen LogP contribution in [-0.2, 0) is 11.3 Å². The van der Waals surface area contributed by atoms with Gasteiger partial charge >= 0.3 is 0 Å². The van der Waals surface area contributed by atoms with E-state index in [0.717, 1.165) is 13.1 Å². The number of hydrogen-bond acceptors (Lipinski definition) is 3. The van der Waals surface area contributed by atoms with E-state index in [0.29, 0.717) is 0 Å². The number of thiophene rings is 1. The summed E-state index contributed by atoms with van der Waals surface area (Å²) in [7, 11) is 1.75. The average Bonchev–Trinajstić information content (AvgIpc) is 2.89. The predicted molar refractivity (Wildman–Crippen MR) is 72.2 cm³/mol. The topological polar surface area (TPSA) is 21.3 Å². The maximum Gasteiger partial charge on any atom is 0.0945 e. The molecule has 1 aromatic carbocycles. The van der Waals surface area contributed by atoms with Crippen LogP contribution in [0, 0.1) is 0 Å². The summed E-state index contributed by atoms with van der Waals surface area (Å²) in [6, 6.07) is 14.5. The summed E-state index contributed by atoms with van der Waals surface area (Å²) < 4.78 is 5.50. The fourth-order valence-electron chi connectivity index (χ4n) is 1.74. The molecule has 2 rings (SSSR count). The van der Waals surface area contributed by atoms with Crippen molar-refractivity contribution in [2.75, 3.05) is 13.7 Å². The third-order valence-corrected chi connectivity index (χ3v) is 3.54. The van der Waals surface area contributed by atoms with Crippen LogP contribution >= 0.6 is 11.3 Å². The summed E-state index contributed by atoms with van der Waals surface area (Å²) >= 11 is 1.77. The first-order chi connectivity index (χ1) is 8.40. The van der Waals surface area contributed by atoms with Crippen molar-refractivity contribution in [2.45, 2.75) is 12.6 Å². The van der Waals surface area contributed by atoms with Gasteiger partial charge in [-0.1, -0.05) is 36.4 Å². The molecule has 3 heteroatoms. The van der Waals surface area contributed by atoms with Gasteiger partial charge in [-0.25, -0.2) is 0 Å². The van der Waals surface area contributed by atoms with Crippen LogP contribution < -0.4 is 5.32 Å². The minimum atomic E-state index is 0.121. The lowest BCUT2D eigenvalue weighted by Gasteiger charge is -2.16. The highest BCUT2D eigenvalue weighted by Crippen LogP contribution is 2.15. The number of methoxy groups -OCH3 is 1. The van der Waals surface area contributed by atoms with Crippen LogP contribution in [0.1, 0.15) is 16.5 Å². The maximum atomic E-state index is 5.50. The van der Waals surface area contributed by atoms with Crippen molar-refractivity contribution >= 4 is 11.3 Å². The van der Waals surface area contributed by atoms with Gasteiger partial charge in [-0.15, -0.1) is 11.3 Å². The van der Waals surface area contributed by atoms with Gasteiger partial charge in [-0.2, -0.15) is 0 Å². The Labute approximate surface area is 106 Å². The SMILES string of the molecule is COC(CNCc1cccs1)c1ccccc1. The molecule has 0 saturated heterocycles. The van der Waals surface area contributed by atoms with E-state index in [1.165, 1.54) is 10.4 Å². The van der Waals surface area contributed by atoms with E-state index < -0.39 is 0 Å². The molecular weight excluding hydrogens is 230 g/mol. The molecular formula is C14H17NOS. The maximum absolute atomic E-state index is 5.50. The molecule has 0 saturated carbocycles. The third kappa shape index (κ3) is 3.66. The molecule has 1 N–H and O–H groups in total. The van der Waals surface area contributed by atoms with Crippen LogP contribution in [0.25, 0.3) is 0 Å². The van der Waals surface area contributed by atoms with E-state index >= 15 is 0 Å². The highest BCUT2D eigenvalue weighted by Gasteiger charge is 2.08. The number of hydrogen-bond donors (Lipinski definition) is 1. The minimum Gasteiger partial charge on any atom is -0.375 e. The smallest absolute Gasteiger partial charge is 0.0945 e. The molecule has 0 fully saturated rings. The molecule has 0 spiro atoms. The quantitative estimate of drug-likeness (QED) is 0.846. The molecule has 17 heavy (non-hydrogen) atoms. The molecule has 2 aromatic rings. The Morgan fingerprint density at radius 2 is 2.00 bits per heavy atom. The van der Waals surface area contributed by atoms with Crippen molar-refractivity contribution in [2.24, 2.45) is 0 Å². The second kappa shape index (κ2) is 6.55. The van der Waals surface area contributed by atoms with Gasteiger partial charge in [-0.3, -0.25) is 0 Å². The van der Waals surface area contributed by atoms with Gasteiger partial charge in [0.25, 0.3) is 0 Å². The van der Waals surface area contributed by atoms with Gasteiger partial charge in [0.1, 0.15) is 0 Å². The normalized spacial score (nSPS) is 12.5. The molecule has 0 aliphatic carbocycles. The molecule has 1 unspecified atom stereocenters. The highest BCUT2D eigenvalue weighted by molar-refractivity contribution is 7.09. The Kier molecular flexibility index (Phi) is 4.74. The summed E-state index contributed by atoms with van der Waals surface area (Å²) in [6.07, 6.45) is 0.121. The molecule has 0 aliphatic rings. The van der Waals surface area contributed by atoms with E-state index in [4.69, 9.17) is 4.74 Å². The predicted octanol–water partition coefficient (Wildman–Crippen LogP) is 3.23. The summed E-state index contributed by atoms with van der Waals surface area (Å²) in [6.45, 7) is 1.74. The first kappa shape index (κ1) is 12.3. The molecule has 2 nitrogen and oxygen atoms in total. The van der Waals surface area contributed by atoms with Crippen LogP contribution in [0.2, 0.25) is 0 Å². The Morgan fingerprint density at radius 3 is 2.65 bits per heavy atom. The number of nitrogens with one attached hydrogen (secondary N) is 1. The Bertz CT molecular complexity index is 413. The van der Waals surface area contributed by atoms with Crippen molar-refractivity contribution in [1.29, 1.82) is 0 Å². The van der Waals surface area contributed by atoms with Crippen molar-refractivity contribution in [3.05, 3.63) is 58.3 Å².